The molecule has 1 aromatic carbocycles. The minimum Gasteiger partial charge on any atom is -0.485 e. The molecule has 3 rings (SSSR count). The summed E-state index contributed by atoms with van der Waals surface area (Å²) in [6.45, 7) is 1.30. The summed E-state index contributed by atoms with van der Waals surface area (Å²) in [5.41, 5.74) is 0.872. The summed E-state index contributed by atoms with van der Waals surface area (Å²) in [4.78, 5) is 11.0. The van der Waals surface area contributed by atoms with Crippen LogP contribution < -0.4 is 4.74 Å². The quantitative estimate of drug-likeness (QED) is 0.760. The van der Waals surface area contributed by atoms with Crippen molar-refractivity contribution in [1.82, 2.24) is 9.78 Å². The van der Waals surface area contributed by atoms with Crippen LogP contribution in [-0.2, 0) is 23.0 Å². The number of nitrogens with zero attached hydrogens (tertiary/aromatic N) is 3. The molecule has 1 aliphatic heterocycles. The Morgan fingerprint density at radius 1 is 1.60 bits per heavy atom. The molecule has 0 radical (unpaired) electrons. The average Bonchev–Trinajstić information content (AvgIpc) is 3.07. The van der Waals surface area contributed by atoms with Crippen LogP contribution in [0.4, 0.5) is 4.39 Å². The lowest BCUT2D eigenvalue weighted by atomic mass is 9.99. The van der Waals surface area contributed by atoms with Crippen molar-refractivity contribution in [2.75, 3.05) is 6.61 Å². The van der Waals surface area contributed by atoms with Gasteiger partial charge in [0.1, 0.15) is 41.1 Å². The molecule has 1 atom stereocenters. The Balaban J connectivity index is 2.08. The minimum absolute atomic E-state index is 0.0147. The number of rotatable bonds is 3. The van der Waals surface area contributed by atoms with Crippen molar-refractivity contribution in [1.29, 1.82) is 5.26 Å². The predicted molar refractivity (Wildman–Crippen MR) is 88.1 cm³/mol. The SMILES string of the molecule is CC(=O)OCC1Cc2c(c(Cl)cc(F)c2-c2nn(C)c(C#N)c2Cl)O1. The number of halogens is 3. The van der Waals surface area contributed by atoms with Crippen LogP contribution in [0.5, 0.6) is 5.75 Å². The predicted octanol–water partition coefficient (Wildman–Crippen LogP) is 3.27. The molecule has 6 nitrogen and oxygen atoms in total. The summed E-state index contributed by atoms with van der Waals surface area (Å²) in [6.07, 6.45) is -0.223. The number of hydrogen-bond donors (Lipinski definition) is 0. The molecule has 0 amide bonds. The lowest BCUT2D eigenvalue weighted by Gasteiger charge is -2.10. The van der Waals surface area contributed by atoms with Crippen LogP contribution in [0.25, 0.3) is 11.3 Å². The number of aryl methyl sites for hydroxylation is 1. The average molecular weight is 384 g/mol. The van der Waals surface area contributed by atoms with Crippen LogP contribution in [0.3, 0.4) is 0 Å². The van der Waals surface area contributed by atoms with Gasteiger partial charge in [0.25, 0.3) is 0 Å². The monoisotopic (exact) mass is 383 g/mol. The van der Waals surface area contributed by atoms with Gasteiger partial charge in [-0.25, -0.2) is 4.39 Å². The van der Waals surface area contributed by atoms with Gasteiger partial charge in [0, 0.05) is 31.5 Å². The van der Waals surface area contributed by atoms with E-state index in [1.807, 2.05) is 6.07 Å². The molecule has 0 fully saturated rings. The molecule has 0 bridgehead atoms. The van der Waals surface area contributed by atoms with Gasteiger partial charge in [-0.05, 0) is 6.07 Å². The molecule has 130 valence electrons. The molecule has 1 unspecified atom stereocenters. The molecule has 1 aromatic heterocycles. The van der Waals surface area contributed by atoms with Crippen LogP contribution in [0.1, 0.15) is 18.2 Å². The van der Waals surface area contributed by atoms with Crippen LogP contribution in [0.15, 0.2) is 6.07 Å². The number of ether oxygens (including phenoxy) is 2. The fraction of sp³-hybridized carbons (Fsp3) is 0.312. The Kier molecular flexibility index (Phi) is 4.58. The zero-order valence-corrected chi connectivity index (χ0v) is 14.8. The van der Waals surface area contributed by atoms with E-state index in [2.05, 4.69) is 5.10 Å². The van der Waals surface area contributed by atoms with Crippen molar-refractivity contribution in [3.05, 3.63) is 33.2 Å². The zero-order valence-electron chi connectivity index (χ0n) is 13.3. The largest absolute Gasteiger partial charge is 0.485 e. The highest BCUT2D eigenvalue weighted by Crippen LogP contribution is 2.45. The van der Waals surface area contributed by atoms with Crippen molar-refractivity contribution in [2.24, 2.45) is 7.05 Å². The van der Waals surface area contributed by atoms with Crippen molar-refractivity contribution in [2.45, 2.75) is 19.4 Å². The maximum atomic E-state index is 14.6. The summed E-state index contributed by atoms with van der Waals surface area (Å²) >= 11 is 12.3. The summed E-state index contributed by atoms with van der Waals surface area (Å²) < 4.78 is 26.6. The van der Waals surface area contributed by atoms with Crippen LogP contribution in [0, 0.1) is 17.1 Å². The second-order valence-corrected chi connectivity index (χ2v) is 6.30. The first-order valence-electron chi connectivity index (χ1n) is 7.27. The lowest BCUT2D eigenvalue weighted by Crippen LogP contribution is -2.21. The molecule has 0 spiro atoms. The molecular formula is C16H12Cl2FN3O3. The summed E-state index contributed by atoms with van der Waals surface area (Å²) in [7, 11) is 1.54. The molecular weight excluding hydrogens is 372 g/mol. The van der Waals surface area contributed by atoms with Gasteiger partial charge in [0.05, 0.1) is 5.02 Å². The Morgan fingerprint density at radius 2 is 2.32 bits per heavy atom. The Labute approximate surface area is 152 Å². The van der Waals surface area contributed by atoms with Gasteiger partial charge in [-0.3, -0.25) is 9.48 Å². The molecule has 25 heavy (non-hydrogen) atoms. The number of benzene rings is 1. The van der Waals surface area contributed by atoms with Gasteiger partial charge in [0.15, 0.2) is 5.69 Å². The number of carbonyl (C=O) groups is 1. The lowest BCUT2D eigenvalue weighted by molar-refractivity contribution is -0.143. The summed E-state index contributed by atoms with van der Waals surface area (Å²) in [5, 5.41) is 13.5. The maximum Gasteiger partial charge on any atom is 0.302 e. The first-order chi connectivity index (χ1) is 11.8. The van der Waals surface area contributed by atoms with Gasteiger partial charge in [-0.1, -0.05) is 23.2 Å². The van der Waals surface area contributed by atoms with E-state index in [4.69, 9.17) is 37.9 Å². The number of carbonyl (C=O) groups excluding carboxylic acids is 1. The molecule has 0 saturated carbocycles. The fourth-order valence-electron chi connectivity index (χ4n) is 2.75. The third-order valence-corrected chi connectivity index (χ3v) is 4.44. The van der Waals surface area contributed by atoms with Gasteiger partial charge in [-0.15, -0.1) is 0 Å². The van der Waals surface area contributed by atoms with E-state index in [1.54, 1.807) is 7.05 Å². The van der Waals surface area contributed by atoms with E-state index in [9.17, 15) is 9.18 Å². The third kappa shape index (κ3) is 3.03. The Hall–Kier alpha value is -2.30. The highest BCUT2D eigenvalue weighted by Gasteiger charge is 2.33. The van der Waals surface area contributed by atoms with E-state index >= 15 is 0 Å². The minimum atomic E-state index is -0.620. The summed E-state index contributed by atoms with van der Waals surface area (Å²) in [6, 6.07) is 3.04. The zero-order chi connectivity index (χ0) is 18.3. The molecule has 1 aliphatic rings. The molecule has 2 heterocycles. The molecule has 2 aromatic rings. The fourth-order valence-corrected chi connectivity index (χ4v) is 3.30. The van der Waals surface area contributed by atoms with E-state index < -0.39 is 17.9 Å². The second-order valence-electron chi connectivity index (χ2n) is 5.52. The maximum absolute atomic E-state index is 14.6. The van der Waals surface area contributed by atoms with Gasteiger partial charge in [-0.2, -0.15) is 10.4 Å². The van der Waals surface area contributed by atoms with Crippen LogP contribution >= 0.6 is 23.2 Å². The Bertz CT molecular complexity index is 921. The van der Waals surface area contributed by atoms with Crippen molar-refractivity contribution >= 4 is 29.2 Å². The van der Waals surface area contributed by atoms with E-state index in [1.165, 1.54) is 11.6 Å². The number of esters is 1. The second kappa shape index (κ2) is 6.54. The van der Waals surface area contributed by atoms with Crippen molar-refractivity contribution < 1.29 is 18.7 Å². The smallest absolute Gasteiger partial charge is 0.302 e. The highest BCUT2D eigenvalue weighted by molar-refractivity contribution is 6.34. The van der Waals surface area contributed by atoms with Gasteiger partial charge < -0.3 is 9.47 Å². The molecule has 9 heteroatoms. The van der Waals surface area contributed by atoms with Crippen LogP contribution in [-0.4, -0.2) is 28.5 Å². The van der Waals surface area contributed by atoms with Crippen molar-refractivity contribution in [3.63, 3.8) is 0 Å². The van der Waals surface area contributed by atoms with E-state index in [-0.39, 0.29) is 40.0 Å². The van der Waals surface area contributed by atoms with Gasteiger partial charge >= 0.3 is 5.97 Å². The first-order valence-corrected chi connectivity index (χ1v) is 8.03. The van der Waals surface area contributed by atoms with Crippen molar-refractivity contribution in [3.8, 4) is 23.1 Å². The molecule has 0 saturated heterocycles. The van der Waals surface area contributed by atoms with E-state index in [0.717, 1.165) is 6.07 Å². The topological polar surface area (TPSA) is 77.1 Å². The number of nitriles is 1. The Morgan fingerprint density at radius 3 is 2.92 bits per heavy atom. The van der Waals surface area contributed by atoms with Crippen LogP contribution in [0.2, 0.25) is 10.0 Å². The normalized spacial score (nSPS) is 15.4. The van der Waals surface area contributed by atoms with E-state index in [0.29, 0.717) is 11.3 Å². The first kappa shape index (κ1) is 17.5. The third-order valence-electron chi connectivity index (χ3n) is 3.81. The van der Waals surface area contributed by atoms with Gasteiger partial charge in [0.2, 0.25) is 0 Å². The number of hydrogen-bond acceptors (Lipinski definition) is 5. The highest BCUT2D eigenvalue weighted by atomic mass is 35.5. The number of aromatic nitrogens is 2. The standard InChI is InChI=1S/C16H12Cl2FN3O3/c1-7(23)24-6-8-3-9-13(11(19)4-10(17)16(9)25-8)15-14(18)12(5-20)22(2)21-15/h4,8H,3,6H2,1-2H3. The number of fused-ring (bicyclic) bond motifs is 1. The molecule has 0 N–H and O–H groups in total. The summed E-state index contributed by atoms with van der Waals surface area (Å²) in [5.74, 6) is -0.760. The molecule has 0 aliphatic carbocycles.